The van der Waals surface area contributed by atoms with E-state index in [4.69, 9.17) is 0 Å². The fourth-order valence-corrected chi connectivity index (χ4v) is 3.43. The second-order valence-corrected chi connectivity index (χ2v) is 7.75. The van der Waals surface area contributed by atoms with Gasteiger partial charge < -0.3 is 10.2 Å². The van der Waals surface area contributed by atoms with Crippen LogP contribution in [0.1, 0.15) is 49.5 Å². The van der Waals surface area contributed by atoms with Crippen LogP contribution in [0, 0.1) is 6.92 Å². The smallest absolute Gasteiger partial charge is 0.220 e. The van der Waals surface area contributed by atoms with Crippen LogP contribution in [0.5, 0.6) is 0 Å². The molecule has 0 bridgehead atoms. The van der Waals surface area contributed by atoms with Crippen molar-refractivity contribution >= 4 is 11.7 Å². The SMILES string of the molecule is CCN1CCN(C(C)(C)CNC(=O)CCC(=O)c2ccccc2C)CC1. The summed E-state index contributed by atoms with van der Waals surface area (Å²) in [5.74, 6) is -0.0135. The zero-order chi connectivity index (χ0) is 19.2. The number of amides is 1. The summed E-state index contributed by atoms with van der Waals surface area (Å²) in [6, 6.07) is 7.53. The number of carbonyl (C=O) groups excluding carboxylic acids is 2. The van der Waals surface area contributed by atoms with E-state index < -0.39 is 0 Å². The molecule has 1 fully saturated rings. The molecule has 1 aliphatic rings. The highest BCUT2D eigenvalue weighted by atomic mass is 16.2. The first-order valence-electron chi connectivity index (χ1n) is 9.66. The standard InChI is InChI=1S/C21H33N3O2/c1-5-23-12-14-24(15-13-23)21(3,4)16-22-20(26)11-10-19(25)18-9-7-6-8-17(18)2/h6-9H,5,10-16H2,1-4H3,(H,22,26). The van der Waals surface area contributed by atoms with Gasteiger partial charge in [0.05, 0.1) is 0 Å². The molecule has 0 unspecified atom stereocenters. The van der Waals surface area contributed by atoms with Crippen LogP contribution in [0.2, 0.25) is 0 Å². The van der Waals surface area contributed by atoms with Gasteiger partial charge in [-0.25, -0.2) is 0 Å². The van der Waals surface area contributed by atoms with Gasteiger partial charge in [0.2, 0.25) is 5.91 Å². The number of hydrogen-bond acceptors (Lipinski definition) is 4. The molecular formula is C21H33N3O2. The number of aryl methyl sites for hydroxylation is 1. The Morgan fingerprint density at radius 1 is 1.08 bits per heavy atom. The van der Waals surface area contributed by atoms with E-state index in [9.17, 15) is 9.59 Å². The van der Waals surface area contributed by atoms with Crippen molar-refractivity contribution in [3.63, 3.8) is 0 Å². The molecule has 0 atom stereocenters. The maximum absolute atomic E-state index is 12.3. The number of ketones is 1. The minimum Gasteiger partial charge on any atom is -0.354 e. The summed E-state index contributed by atoms with van der Waals surface area (Å²) in [4.78, 5) is 29.4. The van der Waals surface area contributed by atoms with E-state index in [1.807, 2.05) is 31.2 Å². The van der Waals surface area contributed by atoms with E-state index in [1.54, 1.807) is 0 Å². The Hall–Kier alpha value is -1.72. The van der Waals surface area contributed by atoms with Gasteiger partial charge in [-0.15, -0.1) is 0 Å². The number of carbonyl (C=O) groups is 2. The maximum atomic E-state index is 12.3. The van der Waals surface area contributed by atoms with E-state index >= 15 is 0 Å². The quantitative estimate of drug-likeness (QED) is 0.725. The van der Waals surface area contributed by atoms with Gasteiger partial charge in [-0.3, -0.25) is 14.5 Å². The first kappa shape index (κ1) is 20.6. The van der Waals surface area contributed by atoms with E-state index in [1.165, 1.54) is 0 Å². The van der Waals surface area contributed by atoms with Gasteiger partial charge in [0.1, 0.15) is 0 Å². The second-order valence-electron chi connectivity index (χ2n) is 7.75. The highest BCUT2D eigenvalue weighted by molar-refractivity contribution is 5.99. The zero-order valence-electron chi connectivity index (χ0n) is 16.7. The lowest BCUT2D eigenvalue weighted by Crippen LogP contribution is -2.58. The van der Waals surface area contributed by atoms with Gasteiger partial charge in [-0.2, -0.15) is 0 Å². The molecule has 144 valence electrons. The molecule has 1 N–H and O–H groups in total. The number of Topliss-reactive ketones (excluding diaryl/α,β-unsaturated/α-hetero) is 1. The Morgan fingerprint density at radius 3 is 2.35 bits per heavy atom. The molecule has 5 nitrogen and oxygen atoms in total. The lowest BCUT2D eigenvalue weighted by atomic mass is 10.00. The molecule has 0 aliphatic carbocycles. The molecule has 26 heavy (non-hydrogen) atoms. The lowest BCUT2D eigenvalue weighted by Gasteiger charge is -2.44. The van der Waals surface area contributed by atoms with Crippen LogP contribution in [0.3, 0.4) is 0 Å². The Bertz CT molecular complexity index is 619. The summed E-state index contributed by atoms with van der Waals surface area (Å²) in [6.07, 6.45) is 0.499. The molecular weight excluding hydrogens is 326 g/mol. The molecule has 1 heterocycles. The van der Waals surface area contributed by atoms with Crippen molar-refractivity contribution in [3.05, 3.63) is 35.4 Å². The number of nitrogens with one attached hydrogen (secondary N) is 1. The minimum absolute atomic E-state index is 0.0354. The predicted octanol–water partition coefficient (Wildman–Crippen LogP) is 2.49. The van der Waals surface area contributed by atoms with Crippen LogP contribution in [0.4, 0.5) is 0 Å². The third kappa shape index (κ3) is 5.64. The van der Waals surface area contributed by atoms with Crippen LogP contribution in [-0.4, -0.2) is 66.3 Å². The van der Waals surface area contributed by atoms with E-state index in [2.05, 4.69) is 35.9 Å². The van der Waals surface area contributed by atoms with Crippen molar-refractivity contribution in [3.8, 4) is 0 Å². The van der Waals surface area contributed by atoms with Gasteiger partial charge in [0, 0.05) is 56.7 Å². The summed E-state index contributed by atoms with van der Waals surface area (Å²) < 4.78 is 0. The number of benzene rings is 1. The first-order valence-corrected chi connectivity index (χ1v) is 9.66. The number of nitrogens with zero attached hydrogens (tertiary/aromatic N) is 2. The lowest BCUT2D eigenvalue weighted by molar-refractivity contribution is -0.121. The van der Waals surface area contributed by atoms with Crippen LogP contribution in [-0.2, 0) is 4.79 Å². The third-order valence-corrected chi connectivity index (χ3v) is 5.42. The molecule has 1 saturated heterocycles. The molecule has 1 aliphatic heterocycles. The number of likely N-dealkylation sites (N-methyl/N-ethyl adjacent to an activating group) is 1. The van der Waals surface area contributed by atoms with Gasteiger partial charge in [0.15, 0.2) is 5.78 Å². The zero-order valence-corrected chi connectivity index (χ0v) is 16.7. The largest absolute Gasteiger partial charge is 0.354 e. The number of hydrogen-bond donors (Lipinski definition) is 1. The Morgan fingerprint density at radius 2 is 1.73 bits per heavy atom. The molecule has 1 aromatic rings. The number of piperazine rings is 1. The van der Waals surface area contributed by atoms with Crippen molar-refractivity contribution in [1.29, 1.82) is 0 Å². The summed E-state index contributed by atoms with van der Waals surface area (Å²) in [6.45, 7) is 14.4. The van der Waals surface area contributed by atoms with Crippen LogP contribution >= 0.6 is 0 Å². The maximum Gasteiger partial charge on any atom is 0.220 e. The van der Waals surface area contributed by atoms with Crippen molar-refractivity contribution in [2.45, 2.75) is 46.1 Å². The molecule has 0 radical (unpaired) electrons. The molecule has 0 spiro atoms. The highest BCUT2D eigenvalue weighted by Crippen LogP contribution is 2.16. The average molecular weight is 360 g/mol. The summed E-state index contributed by atoms with van der Waals surface area (Å²) >= 11 is 0. The van der Waals surface area contributed by atoms with E-state index in [-0.39, 0.29) is 30.1 Å². The summed E-state index contributed by atoms with van der Waals surface area (Å²) in [5.41, 5.74) is 1.61. The minimum atomic E-state index is -0.0739. The Kier molecular flexibility index (Phi) is 7.35. The van der Waals surface area contributed by atoms with Gasteiger partial charge in [0.25, 0.3) is 0 Å². The molecule has 0 saturated carbocycles. The fraction of sp³-hybridized carbons (Fsp3) is 0.619. The van der Waals surface area contributed by atoms with E-state index in [0.29, 0.717) is 6.54 Å². The first-order chi connectivity index (χ1) is 12.3. The van der Waals surface area contributed by atoms with Gasteiger partial charge in [-0.1, -0.05) is 31.2 Å². The van der Waals surface area contributed by atoms with Crippen molar-refractivity contribution in [1.82, 2.24) is 15.1 Å². The predicted molar refractivity (Wildman–Crippen MR) is 106 cm³/mol. The van der Waals surface area contributed by atoms with Crippen LogP contribution < -0.4 is 5.32 Å². The second kappa shape index (κ2) is 9.28. The summed E-state index contributed by atoms with van der Waals surface area (Å²) in [7, 11) is 0. The molecule has 1 aromatic carbocycles. The normalized spacial score (nSPS) is 16.5. The van der Waals surface area contributed by atoms with E-state index in [0.717, 1.165) is 43.9 Å². The molecule has 0 aromatic heterocycles. The van der Waals surface area contributed by atoms with Crippen molar-refractivity contribution < 1.29 is 9.59 Å². The third-order valence-electron chi connectivity index (χ3n) is 5.42. The monoisotopic (exact) mass is 359 g/mol. The summed E-state index contributed by atoms with van der Waals surface area (Å²) in [5, 5.41) is 3.02. The number of rotatable bonds is 8. The molecule has 5 heteroatoms. The molecule has 1 amide bonds. The van der Waals surface area contributed by atoms with Gasteiger partial charge >= 0.3 is 0 Å². The van der Waals surface area contributed by atoms with Gasteiger partial charge in [-0.05, 0) is 32.9 Å². The Balaban J connectivity index is 1.76. The van der Waals surface area contributed by atoms with Crippen molar-refractivity contribution in [2.75, 3.05) is 39.3 Å². The topological polar surface area (TPSA) is 52.6 Å². The fourth-order valence-electron chi connectivity index (χ4n) is 3.43. The molecule has 2 rings (SSSR count). The van der Waals surface area contributed by atoms with Crippen molar-refractivity contribution in [2.24, 2.45) is 0 Å². The highest BCUT2D eigenvalue weighted by Gasteiger charge is 2.29. The van der Waals surface area contributed by atoms with Crippen LogP contribution in [0.25, 0.3) is 0 Å². The van der Waals surface area contributed by atoms with Crippen LogP contribution in [0.15, 0.2) is 24.3 Å². The Labute approximate surface area is 157 Å². The average Bonchev–Trinajstić information content (AvgIpc) is 2.65.